The summed E-state index contributed by atoms with van der Waals surface area (Å²) in [5.74, 6) is -0.520. The number of benzene rings is 3. The molecule has 3 amide bonds. The van der Waals surface area contributed by atoms with Crippen LogP contribution in [0.15, 0.2) is 85.2 Å². The van der Waals surface area contributed by atoms with E-state index in [4.69, 9.17) is 4.98 Å². The lowest BCUT2D eigenvalue weighted by Crippen LogP contribution is -2.47. The maximum Gasteiger partial charge on any atom is 0.256 e. The van der Waals surface area contributed by atoms with Gasteiger partial charge in [-0.3, -0.25) is 19.7 Å². The average Bonchev–Trinajstić information content (AvgIpc) is 3.89. The summed E-state index contributed by atoms with van der Waals surface area (Å²) < 4.78 is 30.2. The van der Waals surface area contributed by atoms with Gasteiger partial charge in [-0.15, -0.1) is 0 Å². The molecule has 3 aromatic carbocycles. The number of halogens is 2. The predicted molar refractivity (Wildman–Crippen MR) is 214 cm³/mol. The maximum atomic E-state index is 14.7. The molecule has 2 atom stereocenters. The molecule has 1 unspecified atom stereocenters. The summed E-state index contributed by atoms with van der Waals surface area (Å²) in [4.78, 5) is 46.1. The summed E-state index contributed by atoms with van der Waals surface area (Å²) in [6, 6.07) is 21.6. The van der Waals surface area contributed by atoms with Crippen molar-refractivity contribution >= 4 is 34.9 Å². The quantitative estimate of drug-likeness (QED) is 0.118. The number of carbonyl (C=O) groups is 3. The van der Waals surface area contributed by atoms with Gasteiger partial charge in [0.25, 0.3) is 5.91 Å². The van der Waals surface area contributed by atoms with Gasteiger partial charge in [0.05, 0.1) is 12.2 Å². The summed E-state index contributed by atoms with van der Waals surface area (Å²) in [5.41, 5.74) is 5.76. The highest BCUT2D eigenvalue weighted by molar-refractivity contribution is 6.01. The van der Waals surface area contributed by atoms with E-state index in [0.29, 0.717) is 67.3 Å². The molecule has 0 spiro atoms. The van der Waals surface area contributed by atoms with E-state index in [1.165, 1.54) is 23.4 Å². The molecule has 296 valence electrons. The summed E-state index contributed by atoms with van der Waals surface area (Å²) >= 11 is 0. The molecule has 3 saturated heterocycles. The molecule has 5 heterocycles. The van der Waals surface area contributed by atoms with Gasteiger partial charge >= 0.3 is 0 Å². The largest absolute Gasteiger partial charge is 0.374 e. The van der Waals surface area contributed by atoms with E-state index < -0.39 is 11.6 Å². The van der Waals surface area contributed by atoms with Gasteiger partial charge in [0.15, 0.2) is 5.65 Å². The van der Waals surface area contributed by atoms with Crippen LogP contribution in [0.2, 0.25) is 0 Å². The molecule has 0 radical (unpaired) electrons. The minimum atomic E-state index is -0.475. The fraction of sp³-hybridized carbons (Fsp3) is 0.386. The molecule has 0 aliphatic carbocycles. The monoisotopic (exact) mass is 774 g/mol. The Labute approximate surface area is 330 Å². The topological polar surface area (TPSA) is 124 Å². The summed E-state index contributed by atoms with van der Waals surface area (Å²) in [6.07, 6.45) is 10.7. The van der Waals surface area contributed by atoms with Crippen LogP contribution >= 0.6 is 0 Å². The van der Waals surface area contributed by atoms with Crippen LogP contribution in [0.4, 0.5) is 20.3 Å². The minimum absolute atomic E-state index is 0.206. The summed E-state index contributed by atoms with van der Waals surface area (Å²) in [6.45, 7) is 4.33. The van der Waals surface area contributed by atoms with Crippen molar-refractivity contribution in [3.05, 3.63) is 125 Å². The first kappa shape index (κ1) is 38.2. The second kappa shape index (κ2) is 17.2. The number of piperidine rings is 2. The number of hydrogen-bond acceptors (Lipinski definition) is 8. The Morgan fingerprint density at radius 3 is 2.42 bits per heavy atom. The summed E-state index contributed by atoms with van der Waals surface area (Å²) in [7, 11) is 0. The Bertz CT molecular complexity index is 2220. The molecule has 0 bridgehead atoms. The molecular formula is C44H48F2N8O3. The molecule has 3 aliphatic heterocycles. The lowest BCUT2D eigenvalue weighted by atomic mass is 9.89. The Hall–Kier alpha value is -5.69. The van der Waals surface area contributed by atoms with Crippen LogP contribution in [0.1, 0.15) is 89.5 Å². The SMILES string of the molecule is O=C1CCC(Nc2ccc(C3CCN(CCCc4ccc(CCNC(=O)c5cnn6ccc(N7CCC[C@@H]7c7cc(F)ccc7F)nc56)cc4)CC3)cc2)C(=O)N1. The number of hydrogen-bond donors (Lipinski definition) is 3. The van der Waals surface area contributed by atoms with Gasteiger partial charge in [0, 0.05) is 37.0 Å². The van der Waals surface area contributed by atoms with Crippen molar-refractivity contribution in [1.29, 1.82) is 0 Å². The van der Waals surface area contributed by atoms with E-state index in [-0.39, 0.29) is 29.8 Å². The number of aromatic nitrogens is 3. The van der Waals surface area contributed by atoms with E-state index in [2.05, 4.69) is 62.3 Å². The highest BCUT2D eigenvalue weighted by atomic mass is 19.1. The van der Waals surface area contributed by atoms with Crippen molar-refractivity contribution in [1.82, 2.24) is 30.1 Å². The number of imide groups is 1. The molecule has 3 aliphatic rings. The first-order chi connectivity index (χ1) is 27.8. The molecule has 3 fully saturated rings. The Morgan fingerprint density at radius 2 is 1.65 bits per heavy atom. The van der Waals surface area contributed by atoms with Gasteiger partial charge in [-0.25, -0.2) is 18.3 Å². The van der Waals surface area contributed by atoms with Crippen molar-refractivity contribution in [2.75, 3.05) is 42.9 Å². The molecular weight excluding hydrogens is 727 g/mol. The number of nitrogens with one attached hydrogen (secondary N) is 3. The normalized spacial score (nSPS) is 19.2. The third-order valence-electron chi connectivity index (χ3n) is 11.7. The van der Waals surface area contributed by atoms with E-state index in [9.17, 15) is 23.2 Å². The number of carbonyl (C=O) groups excluding carboxylic acids is 3. The third kappa shape index (κ3) is 8.99. The maximum absolute atomic E-state index is 14.7. The van der Waals surface area contributed by atoms with E-state index in [0.717, 1.165) is 75.1 Å². The van der Waals surface area contributed by atoms with Crippen molar-refractivity contribution in [3.8, 4) is 0 Å². The van der Waals surface area contributed by atoms with Crippen LogP contribution in [0.3, 0.4) is 0 Å². The average molecular weight is 775 g/mol. The first-order valence-corrected chi connectivity index (χ1v) is 20.1. The number of amides is 3. The first-order valence-electron chi connectivity index (χ1n) is 20.1. The predicted octanol–water partition coefficient (Wildman–Crippen LogP) is 6.35. The van der Waals surface area contributed by atoms with Gasteiger partial charge in [0.1, 0.15) is 29.1 Å². The number of rotatable bonds is 13. The Kier molecular flexibility index (Phi) is 11.5. The van der Waals surface area contributed by atoms with Crippen molar-refractivity contribution in [2.45, 2.75) is 75.8 Å². The number of anilines is 2. The van der Waals surface area contributed by atoms with Gasteiger partial charge in [-0.05, 0) is 130 Å². The van der Waals surface area contributed by atoms with Gasteiger partial charge in [-0.2, -0.15) is 5.10 Å². The van der Waals surface area contributed by atoms with Gasteiger partial charge in [-0.1, -0.05) is 36.4 Å². The molecule has 11 nitrogen and oxygen atoms in total. The molecule has 2 aromatic heterocycles. The zero-order valence-electron chi connectivity index (χ0n) is 31.9. The van der Waals surface area contributed by atoms with Crippen LogP contribution in [0.25, 0.3) is 5.65 Å². The number of likely N-dealkylation sites (tertiary alicyclic amines) is 1. The number of nitrogens with zero attached hydrogens (tertiary/aromatic N) is 5. The van der Waals surface area contributed by atoms with Crippen LogP contribution in [0.5, 0.6) is 0 Å². The standard InChI is InChI=1S/C44H48F2N8O3/c45-33-11-14-37(46)35(27-33)39-4-2-23-53(39)40-20-26-54-42(50-40)36(28-48-54)43(56)47-21-17-30-7-5-29(6-8-30)3-1-22-52-24-18-32(19-25-52)31-9-12-34(13-10-31)49-38-15-16-41(55)51-44(38)57/h5-14,20,26-28,32,38-39,49H,1-4,15-19,21-25H2,(H,47,56)(H,51,55,57)/t38?,39-/m1/s1. The third-order valence-corrected chi connectivity index (χ3v) is 11.7. The number of fused-ring (bicyclic) bond motifs is 1. The molecule has 57 heavy (non-hydrogen) atoms. The smallest absolute Gasteiger partial charge is 0.256 e. The van der Waals surface area contributed by atoms with Crippen LogP contribution in [-0.2, 0) is 22.4 Å². The summed E-state index contributed by atoms with van der Waals surface area (Å²) in [5, 5.41) is 13.0. The second-order valence-electron chi connectivity index (χ2n) is 15.4. The Morgan fingerprint density at radius 1 is 0.877 bits per heavy atom. The molecule has 8 rings (SSSR count). The minimum Gasteiger partial charge on any atom is -0.374 e. The fourth-order valence-corrected chi connectivity index (χ4v) is 8.48. The second-order valence-corrected chi connectivity index (χ2v) is 15.4. The van der Waals surface area contributed by atoms with E-state index >= 15 is 0 Å². The van der Waals surface area contributed by atoms with Crippen molar-refractivity contribution in [2.24, 2.45) is 0 Å². The zero-order valence-corrected chi connectivity index (χ0v) is 31.9. The van der Waals surface area contributed by atoms with Crippen molar-refractivity contribution in [3.63, 3.8) is 0 Å². The Balaban J connectivity index is 0.760. The van der Waals surface area contributed by atoms with Gasteiger partial charge in [0.2, 0.25) is 11.8 Å². The van der Waals surface area contributed by atoms with E-state index in [1.807, 2.05) is 17.0 Å². The van der Waals surface area contributed by atoms with Gasteiger partial charge < -0.3 is 20.4 Å². The van der Waals surface area contributed by atoms with Crippen LogP contribution in [0, 0.1) is 11.6 Å². The lowest BCUT2D eigenvalue weighted by Gasteiger charge is -2.32. The molecule has 5 aromatic rings. The van der Waals surface area contributed by atoms with Crippen molar-refractivity contribution < 1.29 is 23.2 Å². The molecule has 3 N–H and O–H groups in total. The van der Waals surface area contributed by atoms with Crippen LogP contribution in [-0.4, -0.2) is 76.0 Å². The highest BCUT2D eigenvalue weighted by Crippen LogP contribution is 2.37. The van der Waals surface area contributed by atoms with E-state index in [1.54, 1.807) is 16.8 Å². The number of aryl methyl sites for hydroxylation is 1. The fourth-order valence-electron chi connectivity index (χ4n) is 8.48. The highest BCUT2D eigenvalue weighted by Gasteiger charge is 2.31. The molecule has 13 heteroatoms. The van der Waals surface area contributed by atoms with Crippen LogP contribution < -0.4 is 20.9 Å². The lowest BCUT2D eigenvalue weighted by molar-refractivity contribution is -0.133. The molecule has 0 saturated carbocycles. The zero-order chi connectivity index (χ0) is 39.3.